The second kappa shape index (κ2) is 6.91. The fourth-order valence-electron chi connectivity index (χ4n) is 3.55. The van der Waals surface area contributed by atoms with Crippen molar-refractivity contribution in [3.8, 4) is 0 Å². The maximum Gasteiger partial charge on any atom is 0.415 e. The molecule has 0 bridgehead atoms. The van der Waals surface area contributed by atoms with Crippen LogP contribution in [0.2, 0.25) is 0 Å². The number of carbonyl (C=O) groups is 1. The zero-order chi connectivity index (χ0) is 18.3. The molecular weight excluding hydrogens is 394 g/mol. The molecule has 0 N–H and O–H groups in total. The molecule has 0 saturated carbocycles. The molecule has 1 amide bonds. The Kier molecular flexibility index (Phi) is 4.61. The van der Waals surface area contributed by atoms with Crippen molar-refractivity contribution in [3.05, 3.63) is 58.4 Å². The summed E-state index contributed by atoms with van der Waals surface area (Å²) in [4.78, 5) is 21.1. The molecule has 1 unspecified atom stereocenters. The summed E-state index contributed by atoms with van der Waals surface area (Å²) in [5.74, 6) is 1.10. The van der Waals surface area contributed by atoms with E-state index in [0.717, 1.165) is 35.5 Å². The van der Waals surface area contributed by atoms with Crippen LogP contribution in [-0.4, -0.2) is 35.2 Å². The van der Waals surface area contributed by atoms with E-state index in [2.05, 4.69) is 52.6 Å². The van der Waals surface area contributed by atoms with Gasteiger partial charge in [-0.3, -0.25) is 4.90 Å². The Balaban J connectivity index is 1.52. The lowest BCUT2D eigenvalue weighted by Crippen LogP contribution is -2.37. The summed E-state index contributed by atoms with van der Waals surface area (Å²) in [5.41, 5.74) is 2.72. The van der Waals surface area contributed by atoms with Crippen LogP contribution < -0.4 is 4.90 Å². The lowest BCUT2D eigenvalue weighted by atomic mass is 9.90. The normalized spacial score (nSPS) is 25.2. The molecule has 0 radical (unpaired) electrons. The largest absolute Gasteiger partial charge is 0.439 e. The number of aromatic nitrogens is 1. The maximum atomic E-state index is 12.5. The predicted octanol–water partition coefficient (Wildman–Crippen LogP) is 4.41. The first-order valence-electron chi connectivity index (χ1n) is 8.95. The molecule has 136 valence electrons. The molecule has 1 aromatic heterocycles. The van der Waals surface area contributed by atoms with Gasteiger partial charge in [0.15, 0.2) is 0 Å². The average molecular weight is 416 g/mol. The fraction of sp³-hybridized carbons (Fsp3) is 0.400. The van der Waals surface area contributed by atoms with Crippen LogP contribution in [0.5, 0.6) is 0 Å². The van der Waals surface area contributed by atoms with E-state index < -0.39 is 0 Å². The molecule has 3 aliphatic rings. The Morgan fingerprint density at radius 2 is 2.19 bits per heavy atom. The van der Waals surface area contributed by atoms with Crippen molar-refractivity contribution in [2.24, 2.45) is 5.92 Å². The Bertz CT molecular complexity index is 813. The number of ether oxygens (including phenoxy) is 1. The minimum Gasteiger partial charge on any atom is -0.439 e. The molecular formula is C20H22BrN3O2. The Hall–Kier alpha value is -2.08. The lowest BCUT2D eigenvalue weighted by molar-refractivity contribution is 0.117. The summed E-state index contributed by atoms with van der Waals surface area (Å²) in [6.07, 6.45) is 7.78. The predicted molar refractivity (Wildman–Crippen MR) is 105 cm³/mol. The first kappa shape index (κ1) is 17.3. The molecule has 3 heterocycles. The third-order valence-electron chi connectivity index (χ3n) is 5.17. The molecule has 2 saturated heterocycles. The van der Waals surface area contributed by atoms with Gasteiger partial charge < -0.3 is 9.64 Å². The van der Waals surface area contributed by atoms with Crippen molar-refractivity contribution < 1.29 is 9.53 Å². The van der Waals surface area contributed by atoms with E-state index in [1.807, 2.05) is 12.1 Å². The first-order chi connectivity index (χ1) is 12.5. The van der Waals surface area contributed by atoms with Gasteiger partial charge in [0, 0.05) is 23.5 Å². The number of halogens is 1. The third kappa shape index (κ3) is 3.18. The monoisotopic (exact) mass is 415 g/mol. The van der Waals surface area contributed by atoms with E-state index >= 15 is 0 Å². The van der Waals surface area contributed by atoms with E-state index in [9.17, 15) is 4.79 Å². The highest BCUT2D eigenvalue weighted by molar-refractivity contribution is 9.10. The Labute approximate surface area is 162 Å². The van der Waals surface area contributed by atoms with Crippen LogP contribution in [-0.2, 0) is 11.3 Å². The van der Waals surface area contributed by atoms with Gasteiger partial charge in [0.1, 0.15) is 11.9 Å². The van der Waals surface area contributed by atoms with E-state index in [1.54, 1.807) is 4.90 Å². The van der Waals surface area contributed by atoms with Crippen molar-refractivity contribution in [2.45, 2.75) is 32.4 Å². The summed E-state index contributed by atoms with van der Waals surface area (Å²) in [6.45, 7) is 8.65. The molecule has 2 aliphatic heterocycles. The summed E-state index contributed by atoms with van der Waals surface area (Å²) in [7, 11) is 0. The molecule has 2 fully saturated rings. The topological polar surface area (TPSA) is 45.7 Å². The molecule has 5 nitrogen and oxygen atoms in total. The molecule has 1 aliphatic carbocycles. The van der Waals surface area contributed by atoms with Crippen molar-refractivity contribution in [1.29, 1.82) is 0 Å². The van der Waals surface area contributed by atoms with Gasteiger partial charge >= 0.3 is 6.09 Å². The number of pyridine rings is 1. The van der Waals surface area contributed by atoms with Crippen LogP contribution in [0.4, 0.5) is 10.6 Å². The van der Waals surface area contributed by atoms with Crippen molar-refractivity contribution >= 4 is 27.8 Å². The molecule has 1 aromatic rings. The first-order valence-corrected chi connectivity index (χ1v) is 9.74. The molecule has 0 aromatic carbocycles. The second-order valence-corrected chi connectivity index (χ2v) is 7.89. The molecule has 6 heteroatoms. The SMILES string of the molecule is C=C1[C@@H](C2C=C(C)C=CC2)OC(=O)N1Cc1nc(N2CCC2)ccc1Br. The van der Waals surface area contributed by atoms with Crippen LogP contribution in [0.3, 0.4) is 0 Å². The Morgan fingerprint density at radius 1 is 1.38 bits per heavy atom. The number of cyclic esters (lactones) is 1. The van der Waals surface area contributed by atoms with E-state index in [0.29, 0.717) is 12.2 Å². The molecule has 2 atom stereocenters. The number of hydrogen-bond donors (Lipinski definition) is 0. The highest BCUT2D eigenvalue weighted by atomic mass is 79.9. The third-order valence-corrected chi connectivity index (χ3v) is 5.89. The van der Waals surface area contributed by atoms with Gasteiger partial charge in [-0.2, -0.15) is 0 Å². The van der Waals surface area contributed by atoms with E-state index in [1.165, 1.54) is 12.0 Å². The lowest BCUT2D eigenvalue weighted by Gasteiger charge is -2.32. The zero-order valence-corrected chi connectivity index (χ0v) is 16.4. The summed E-state index contributed by atoms with van der Waals surface area (Å²) in [6, 6.07) is 4.00. The van der Waals surface area contributed by atoms with Gasteiger partial charge in [-0.05, 0) is 47.8 Å². The van der Waals surface area contributed by atoms with Gasteiger partial charge in [0.25, 0.3) is 0 Å². The van der Waals surface area contributed by atoms with Gasteiger partial charge in [-0.15, -0.1) is 0 Å². The van der Waals surface area contributed by atoms with Gasteiger partial charge in [0.05, 0.1) is 17.9 Å². The second-order valence-electron chi connectivity index (χ2n) is 7.03. The minimum atomic E-state index is -0.344. The van der Waals surface area contributed by atoms with Gasteiger partial charge in [-0.1, -0.05) is 30.4 Å². The van der Waals surface area contributed by atoms with Crippen molar-refractivity contribution in [3.63, 3.8) is 0 Å². The number of rotatable bonds is 4. The molecule has 26 heavy (non-hydrogen) atoms. The van der Waals surface area contributed by atoms with Gasteiger partial charge in [0.2, 0.25) is 0 Å². The van der Waals surface area contributed by atoms with E-state index in [4.69, 9.17) is 9.72 Å². The number of allylic oxidation sites excluding steroid dienone is 3. The highest BCUT2D eigenvalue weighted by Crippen LogP contribution is 2.34. The number of amides is 1. The van der Waals surface area contributed by atoms with Crippen LogP contribution in [0, 0.1) is 5.92 Å². The van der Waals surface area contributed by atoms with Crippen LogP contribution in [0.25, 0.3) is 0 Å². The summed E-state index contributed by atoms with van der Waals surface area (Å²) >= 11 is 3.56. The molecule has 0 spiro atoms. The van der Waals surface area contributed by atoms with Crippen molar-refractivity contribution in [2.75, 3.05) is 18.0 Å². The highest BCUT2D eigenvalue weighted by Gasteiger charge is 2.40. The van der Waals surface area contributed by atoms with Crippen LogP contribution >= 0.6 is 15.9 Å². The smallest absolute Gasteiger partial charge is 0.415 e. The van der Waals surface area contributed by atoms with Crippen LogP contribution in [0.1, 0.15) is 25.5 Å². The number of nitrogens with zero attached hydrogens (tertiary/aromatic N) is 3. The fourth-order valence-corrected chi connectivity index (χ4v) is 3.90. The summed E-state index contributed by atoms with van der Waals surface area (Å²) in [5, 5.41) is 0. The molecule has 4 rings (SSSR count). The number of carbonyl (C=O) groups excluding carboxylic acids is 1. The summed E-state index contributed by atoms with van der Waals surface area (Å²) < 4.78 is 6.54. The average Bonchev–Trinajstić information content (AvgIpc) is 2.84. The standard InChI is InChI=1S/C20H22BrN3O2/c1-13-5-3-6-15(11-13)19-14(2)24(20(25)26-19)12-17-16(21)7-8-18(22-17)23-9-4-10-23/h3,5,7-8,11,15,19H,2,4,6,9-10,12H2,1H3/t15?,19-/m0/s1. The Morgan fingerprint density at radius 3 is 2.88 bits per heavy atom. The van der Waals surface area contributed by atoms with Crippen molar-refractivity contribution in [1.82, 2.24) is 9.88 Å². The van der Waals surface area contributed by atoms with Gasteiger partial charge in [-0.25, -0.2) is 9.78 Å². The minimum absolute atomic E-state index is 0.144. The van der Waals surface area contributed by atoms with Crippen LogP contribution in [0.15, 0.2) is 52.7 Å². The number of anilines is 1. The maximum absolute atomic E-state index is 12.5. The number of hydrogen-bond acceptors (Lipinski definition) is 4. The quantitative estimate of drug-likeness (QED) is 0.730. The van der Waals surface area contributed by atoms with E-state index in [-0.39, 0.29) is 18.1 Å². The zero-order valence-electron chi connectivity index (χ0n) is 14.8.